The van der Waals surface area contributed by atoms with Gasteiger partial charge in [-0.05, 0) is 43.5 Å². The quantitative estimate of drug-likeness (QED) is 0.886. The summed E-state index contributed by atoms with van der Waals surface area (Å²) in [4.78, 5) is 4.65. The lowest BCUT2D eigenvalue weighted by Gasteiger charge is -2.14. The Hall–Kier alpha value is -1.41. The smallest absolute Gasteiger partial charge is 0.0708 e. The second-order valence-corrected chi connectivity index (χ2v) is 5.34. The minimum atomic E-state index is 0.680. The van der Waals surface area contributed by atoms with Gasteiger partial charge in [-0.2, -0.15) is 0 Å². The summed E-state index contributed by atoms with van der Waals surface area (Å²) in [5.41, 5.74) is 4.93. The van der Waals surface area contributed by atoms with Crippen molar-refractivity contribution in [3.8, 4) is 0 Å². The van der Waals surface area contributed by atoms with Crippen molar-refractivity contribution in [3.05, 3.63) is 41.1 Å². The number of para-hydroxylation sites is 1. The molecule has 0 unspecified atom stereocenters. The second kappa shape index (κ2) is 5.49. The van der Waals surface area contributed by atoms with Crippen LogP contribution in [-0.4, -0.2) is 11.5 Å². The van der Waals surface area contributed by atoms with E-state index in [-0.39, 0.29) is 0 Å². The number of rotatable bonds is 4. The van der Waals surface area contributed by atoms with Gasteiger partial charge in [0, 0.05) is 17.6 Å². The van der Waals surface area contributed by atoms with Gasteiger partial charge < -0.3 is 5.32 Å². The average Bonchev–Trinajstić information content (AvgIpc) is 2.33. The molecule has 0 spiro atoms. The first-order chi connectivity index (χ1) is 8.59. The summed E-state index contributed by atoms with van der Waals surface area (Å²) in [5.74, 6) is 0.680. The van der Waals surface area contributed by atoms with Crippen LogP contribution >= 0.6 is 0 Å². The van der Waals surface area contributed by atoms with Gasteiger partial charge in [-0.15, -0.1) is 0 Å². The minimum Gasteiger partial charge on any atom is -0.312 e. The van der Waals surface area contributed by atoms with Crippen molar-refractivity contribution in [1.29, 1.82) is 0 Å². The first kappa shape index (κ1) is 13.0. The Morgan fingerprint density at radius 1 is 1.17 bits per heavy atom. The van der Waals surface area contributed by atoms with Crippen LogP contribution in [0.4, 0.5) is 0 Å². The van der Waals surface area contributed by atoms with Crippen molar-refractivity contribution in [2.45, 2.75) is 34.2 Å². The minimum absolute atomic E-state index is 0.680. The summed E-state index contributed by atoms with van der Waals surface area (Å²) in [6, 6.07) is 8.40. The molecule has 2 heteroatoms. The maximum atomic E-state index is 4.65. The largest absolute Gasteiger partial charge is 0.312 e. The molecule has 0 bridgehead atoms. The van der Waals surface area contributed by atoms with Crippen LogP contribution in [0.1, 0.15) is 30.7 Å². The molecule has 0 saturated carbocycles. The highest BCUT2D eigenvalue weighted by atomic mass is 14.9. The number of nitrogens with one attached hydrogen (secondary N) is 1. The first-order valence-corrected chi connectivity index (χ1v) is 6.65. The molecular weight excluding hydrogens is 220 g/mol. The van der Waals surface area contributed by atoms with Crippen LogP contribution < -0.4 is 5.32 Å². The lowest BCUT2D eigenvalue weighted by Crippen LogP contribution is -2.20. The third-order valence-electron chi connectivity index (χ3n) is 3.37. The molecule has 1 N–H and O–H groups in total. The van der Waals surface area contributed by atoms with Crippen LogP contribution in [0.25, 0.3) is 10.9 Å². The lowest BCUT2D eigenvalue weighted by atomic mass is 10.0. The van der Waals surface area contributed by atoms with E-state index < -0.39 is 0 Å². The number of benzene rings is 1. The van der Waals surface area contributed by atoms with Crippen LogP contribution in [0.2, 0.25) is 0 Å². The van der Waals surface area contributed by atoms with Gasteiger partial charge in [-0.1, -0.05) is 32.0 Å². The number of pyridine rings is 1. The fraction of sp³-hybridized carbons (Fsp3) is 0.438. The molecule has 1 heterocycles. The predicted octanol–water partition coefficient (Wildman–Crippen LogP) is 3.60. The summed E-state index contributed by atoms with van der Waals surface area (Å²) < 4.78 is 0. The van der Waals surface area contributed by atoms with Crippen LogP contribution in [0.5, 0.6) is 0 Å². The molecule has 2 aromatic rings. The van der Waals surface area contributed by atoms with Crippen LogP contribution in [0.3, 0.4) is 0 Å². The highest BCUT2D eigenvalue weighted by molar-refractivity contribution is 5.83. The van der Waals surface area contributed by atoms with Crippen LogP contribution in [0.15, 0.2) is 24.3 Å². The van der Waals surface area contributed by atoms with Gasteiger partial charge in [-0.25, -0.2) is 0 Å². The van der Waals surface area contributed by atoms with Crippen molar-refractivity contribution < 1.29 is 0 Å². The fourth-order valence-corrected chi connectivity index (χ4v) is 2.22. The van der Waals surface area contributed by atoms with Gasteiger partial charge in [0.25, 0.3) is 0 Å². The third-order valence-corrected chi connectivity index (χ3v) is 3.37. The molecular formula is C16H22N2. The zero-order valence-corrected chi connectivity index (χ0v) is 11.7. The maximum absolute atomic E-state index is 4.65. The van der Waals surface area contributed by atoms with Crippen LogP contribution in [0, 0.1) is 19.8 Å². The average molecular weight is 242 g/mol. The van der Waals surface area contributed by atoms with Crippen molar-refractivity contribution in [3.63, 3.8) is 0 Å². The molecule has 0 aliphatic rings. The van der Waals surface area contributed by atoms with Gasteiger partial charge in [-0.3, -0.25) is 4.98 Å². The summed E-state index contributed by atoms with van der Waals surface area (Å²) >= 11 is 0. The summed E-state index contributed by atoms with van der Waals surface area (Å²) in [7, 11) is 0. The van der Waals surface area contributed by atoms with E-state index in [1.54, 1.807) is 0 Å². The molecule has 0 amide bonds. The zero-order valence-electron chi connectivity index (χ0n) is 11.7. The Balaban J connectivity index is 2.37. The number of hydrogen-bond acceptors (Lipinski definition) is 2. The van der Waals surface area contributed by atoms with Gasteiger partial charge >= 0.3 is 0 Å². The molecule has 0 fully saturated rings. The van der Waals surface area contributed by atoms with Crippen molar-refractivity contribution in [2.24, 2.45) is 5.92 Å². The number of nitrogens with zero attached hydrogens (tertiary/aromatic N) is 1. The molecule has 18 heavy (non-hydrogen) atoms. The monoisotopic (exact) mass is 242 g/mol. The van der Waals surface area contributed by atoms with Gasteiger partial charge in [0.15, 0.2) is 0 Å². The van der Waals surface area contributed by atoms with E-state index in [1.807, 2.05) is 0 Å². The number of aromatic nitrogens is 1. The Kier molecular flexibility index (Phi) is 3.97. The van der Waals surface area contributed by atoms with Crippen molar-refractivity contribution >= 4 is 10.9 Å². The fourth-order valence-electron chi connectivity index (χ4n) is 2.22. The van der Waals surface area contributed by atoms with E-state index in [9.17, 15) is 0 Å². The summed E-state index contributed by atoms with van der Waals surface area (Å²) in [6.07, 6.45) is 0. The summed E-state index contributed by atoms with van der Waals surface area (Å²) in [6.45, 7) is 10.7. The molecule has 1 aromatic heterocycles. The predicted molar refractivity (Wildman–Crippen MR) is 77.8 cm³/mol. The number of aryl methyl sites for hydroxylation is 1. The molecule has 0 radical (unpaired) electrons. The van der Waals surface area contributed by atoms with E-state index in [1.165, 1.54) is 16.5 Å². The van der Waals surface area contributed by atoms with E-state index in [0.29, 0.717) is 5.92 Å². The van der Waals surface area contributed by atoms with Gasteiger partial charge in [0.2, 0.25) is 0 Å². The molecule has 2 nitrogen and oxygen atoms in total. The molecule has 0 aliphatic carbocycles. The Bertz CT molecular complexity index is 544. The SMILES string of the molecule is Cc1nc2ccccc2c(CNCC(C)C)c1C. The second-order valence-electron chi connectivity index (χ2n) is 5.34. The normalized spacial score (nSPS) is 11.4. The highest BCUT2D eigenvalue weighted by Crippen LogP contribution is 2.22. The van der Waals surface area contributed by atoms with Crippen molar-refractivity contribution in [1.82, 2.24) is 10.3 Å². The summed E-state index contributed by atoms with van der Waals surface area (Å²) in [5, 5.41) is 4.81. The molecule has 2 rings (SSSR count). The molecule has 0 saturated heterocycles. The first-order valence-electron chi connectivity index (χ1n) is 6.65. The van der Waals surface area contributed by atoms with Gasteiger partial charge in [0.05, 0.1) is 5.52 Å². The molecule has 96 valence electrons. The van der Waals surface area contributed by atoms with E-state index in [2.05, 4.69) is 62.3 Å². The Morgan fingerprint density at radius 3 is 2.61 bits per heavy atom. The Morgan fingerprint density at radius 2 is 1.89 bits per heavy atom. The molecule has 0 atom stereocenters. The van der Waals surface area contributed by atoms with Gasteiger partial charge in [0.1, 0.15) is 0 Å². The zero-order chi connectivity index (χ0) is 13.1. The van der Waals surface area contributed by atoms with E-state index >= 15 is 0 Å². The number of hydrogen-bond donors (Lipinski definition) is 1. The molecule has 0 aliphatic heterocycles. The maximum Gasteiger partial charge on any atom is 0.0708 e. The van der Waals surface area contributed by atoms with E-state index in [4.69, 9.17) is 0 Å². The topological polar surface area (TPSA) is 24.9 Å². The van der Waals surface area contributed by atoms with Crippen molar-refractivity contribution in [2.75, 3.05) is 6.54 Å². The molecule has 1 aromatic carbocycles. The number of fused-ring (bicyclic) bond motifs is 1. The van der Waals surface area contributed by atoms with E-state index in [0.717, 1.165) is 24.3 Å². The standard InChI is InChI=1S/C16H22N2/c1-11(2)9-17-10-15-12(3)13(4)18-16-8-6-5-7-14(15)16/h5-8,11,17H,9-10H2,1-4H3. The highest BCUT2D eigenvalue weighted by Gasteiger charge is 2.08. The Labute approximate surface area is 109 Å². The lowest BCUT2D eigenvalue weighted by molar-refractivity contribution is 0.552. The third kappa shape index (κ3) is 2.70. The van der Waals surface area contributed by atoms with Crippen LogP contribution in [-0.2, 0) is 6.54 Å².